The van der Waals surface area contributed by atoms with E-state index in [1.807, 2.05) is 43.0 Å². The number of urea groups is 1. The molecule has 156 valence electrons. The lowest BCUT2D eigenvalue weighted by Crippen LogP contribution is -2.50. The summed E-state index contributed by atoms with van der Waals surface area (Å²) in [6.07, 6.45) is 0.940. The zero-order valence-electron chi connectivity index (χ0n) is 17.8. The number of piperazine rings is 1. The first-order valence-electron chi connectivity index (χ1n) is 10.1. The van der Waals surface area contributed by atoms with Crippen LogP contribution in [0.15, 0.2) is 36.4 Å². The molecular formula is C23H31N3O3. The van der Waals surface area contributed by atoms with Crippen molar-refractivity contribution >= 4 is 11.7 Å². The minimum atomic E-state index is -0.0189. The van der Waals surface area contributed by atoms with Crippen molar-refractivity contribution in [3.63, 3.8) is 0 Å². The van der Waals surface area contributed by atoms with Crippen molar-refractivity contribution in [1.82, 2.24) is 9.80 Å². The quantitative estimate of drug-likeness (QED) is 0.807. The first-order chi connectivity index (χ1) is 14.0. The first kappa shape index (κ1) is 21.0. The number of methoxy groups -OCH3 is 2. The standard InChI is InChI=1S/C23H31N3O3/c1-17-13-18(2)15-20(14-17)24-23(27)26-11-9-25(10-12-26)8-7-19-5-6-21(28-3)22(16-19)29-4/h5-6,13-16H,7-12H2,1-4H3,(H,24,27). The van der Waals surface area contributed by atoms with Crippen LogP contribution < -0.4 is 14.8 Å². The number of carbonyl (C=O) groups is 1. The van der Waals surface area contributed by atoms with Crippen LogP contribution in [0.2, 0.25) is 0 Å². The Morgan fingerprint density at radius 2 is 1.59 bits per heavy atom. The van der Waals surface area contributed by atoms with Gasteiger partial charge in [0, 0.05) is 38.4 Å². The Kier molecular flexibility index (Phi) is 6.99. The van der Waals surface area contributed by atoms with Crippen LogP contribution >= 0.6 is 0 Å². The van der Waals surface area contributed by atoms with Gasteiger partial charge >= 0.3 is 6.03 Å². The van der Waals surface area contributed by atoms with Gasteiger partial charge in [-0.05, 0) is 61.2 Å². The molecule has 0 bridgehead atoms. The Labute approximate surface area is 173 Å². The van der Waals surface area contributed by atoms with Crippen LogP contribution in [0.25, 0.3) is 0 Å². The van der Waals surface area contributed by atoms with E-state index < -0.39 is 0 Å². The van der Waals surface area contributed by atoms with Gasteiger partial charge in [-0.3, -0.25) is 4.90 Å². The molecule has 1 heterocycles. The maximum absolute atomic E-state index is 12.6. The molecule has 0 spiro atoms. The molecule has 1 N–H and O–H groups in total. The van der Waals surface area contributed by atoms with Gasteiger partial charge in [-0.15, -0.1) is 0 Å². The Morgan fingerprint density at radius 3 is 2.21 bits per heavy atom. The maximum Gasteiger partial charge on any atom is 0.321 e. The number of carbonyl (C=O) groups excluding carboxylic acids is 1. The number of hydrogen-bond acceptors (Lipinski definition) is 4. The van der Waals surface area contributed by atoms with Crippen LogP contribution in [0.5, 0.6) is 11.5 Å². The van der Waals surface area contributed by atoms with Gasteiger partial charge in [-0.1, -0.05) is 12.1 Å². The van der Waals surface area contributed by atoms with Gasteiger partial charge in [0.25, 0.3) is 0 Å². The fourth-order valence-electron chi connectivity index (χ4n) is 3.75. The lowest BCUT2D eigenvalue weighted by molar-refractivity contribution is 0.148. The van der Waals surface area contributed by atoms with Gasteiger partial charge in [0.05, 0.1) is 14.2 Å². The molecule has 0 aliphatic carbocycles. The predicted molar refractivity (Wildman–Crippen MR) is 116 cm³/mol. The van der Waals surface area contributed by atoms with Crippen molar-refractivity contribution in [1.29, 1.82) is 0 Å². The molecule has 2 aromatic carbocycles. The number of nitrogens with one attached hydrogen (secondary N) is 1. The van der Waals surface area contributed by atoms with Crippen molar-refractivity contribution in [2.24, 2.45) is 0 Å². The molecule has 1 saturated heterocycles. The van der Waals surface area contributed by atoms with E-state index in [-0.39, 0.29) is 6.03 Å². The van der Waals surface area contributed by atoms with Gasteiger partial charge in [0.1, 0.15) is 0 Å². The van der Waals surface area contributed by atoms with Crippen molar-refractivity contribution in [3.05, 3.63) is 53.1 Å². The van der Waals surface area contributed by atoms with Gasteiger partial charge in [0.15, 0.2) is 11.5 Å². The molecule has 0 atom stereocenters. The summed E-state index contributed by atoms with van der Waals surface area (Å²) in [5.41, 5.74) is 4.39. The molecule has 0 radical (unpaired) electrons. The third-order valence-corrected chi connectivity index (χ3v) is 5.30. The van der Waals surface area contributed by atoms with E-state index >= 15 is 0 Å². The highest BCUT2D eigenvalue weighted by molar-refractivity contribution is 5.89. The molecule has 2 aromatic rings. The number of aryl methyl sites for hydroxylation is 2. The summed E-state index contributed by atoms with van der Waals surface area (Å²) < 4.78 is 10.7. The summed E-state index contributed by atoms with van der Waals surface area (Å²) in [7, 11) is 3.30. The maximum atomic E-state index is 12.6. The molecule has 3 rings (SSSR count). The fraction of sp³-hybridized carbons (Fsp3) is 0.435. The van der Waals surface area contributed by atoms with Crippen LogP contribution in [0, 0.1) is 13.8 Å². The van der Waals surface area contributed by atoms with Crippen molar-refractivity contribution < 1.29 is 14.3 Å². The fourth-order valence-corrected chi connectivity index (χ4v) is 3.75. The van der Waals surface area contributed by atoms with E-state index in [9.17, 15) is 4.79 Å². The van der Waals surface area contributed by atoms with E-state index in [1.54, 1.807) is 14.2 Å². The Morgan fingerprint density at radius 1 is 0.931 bits per heavy atom. The average molecular weight is 398 g/mol. The van der Waals surface area contributed by atoms with Crippen molar-refractivity contribution in [2.45, 2.75) is 20.3 Å². The van der Waals surface area contributed by atoms with Crippen LogP contribution in [0.4, 0.5) is 10.5 Å². The SMILES string of the molecule is COc1ccc(CCN2CCN(C(=O)Nc3cc(C)cc(C)c3)CC2)cc1OC. The third kappa shape index (κ3) is 5.64. The smallest absolute Gasteiger partial charge is 0.321 e. The summed E-state index contributed by atoms with van der Waals surface area (Å²) in [6.45, 7) is 8.29. The van der Waals surface area contributed by atoms with Crippen molar-refractivity contribution in [2.75, 3.05) is 52.3 Å². The summed E-state index contributed by atoms with van der Waals surface area (Å²) in [5, 5.41) is 3.03. The summed E-state index contributed by atoms with van der Waals surface area (Å²) in [6, 6.07) is 12.2. The number of rotatable bonds is 6. The highest BCUT2D eigenvalue weighted by atomic mass is 16.5. The monoisotopic (exact) mass is 397 g/mol. The normalized spacial score (nSPS) is 14.6. The van der Waals surface area contributed by atoms with E-state index in [4.69, 9.17) is 9.47 Å². The molecule has 1 aliphatic rings. The van der Waals surface area contributed by atoms with Gasteiger partial charge in [0.2, 0.25) is 0 Å². The van der Waals surface area contributed by atoms with Gasteiger partial charge < -0.3 is 19.7 Å². The average Bonchev–Trinajstić information content (AvgIpc) is 2.71. The van der Waals surface area contributed by atoms with Crippen LogP contribution in [0.3, 0.4) is 0 Å². The molecule has 29 heavy (non-hydrogen) atoms. The summed E-state index contributed by atoms with van der Waals surface area (Å²) in [4.78, 5) is 16.9. The van der Waals surface area contributed by atoms with Crippen molar-refractivity contribution in [3.8, 4) is 11.5 Å². The lowest BCUT2D eigenvalue weighted by atomic mass is 10.1. The number of nitrogens with zero attached hydrogens (tertiary/aromatic N) is 2. The highest BCUT2D eigenvalue weighted by Crippen LogP contribution is 2.27. The number of benzene rings is 2. The number of ether oxygens (including phenoxy) is 2. The van der Waals surface area contributed by atoms with E-state index in [0.717, 1.165) is 67.5 Å². The second-order valence-electron chi connectivity index (χ2n) is 7.57. The van der Waals surface area contributed by atoms with E-state index in [1.165, 1.54) is 5.56 Å². The zero-order valence-corrected chi connectivity index (χ0v) is 17.8. The Hall–Kier alpha value is -2.73. The topological polar surface area (TPSA) is 54.0 Å². The number of anilines is 1. The van der Waals surface area contributed by atoms with Gasteiger partial charge in [-0.2, -0.15) is 0 Å². The minimum absolute atomic E-state index is 0.0189. The van der Waals surface area contributed by atoms with Crippen LogP contribution in [0.1, 0.15) is 16.7 Å². The molecule has 6 nitrogen and oxygen atoms in total. The third-order valence-electron chi connectivity index (χ3n) is 5.30. The molecule has 0 aromatic heterocycles. The lowest BCUT2D eigenvalue weighted by Gasteiger charge is -2.34. The molecular weight excluding hydrogens is 366 g/mol. The van der Waals surface area contributed by atoms with Crippen LogP contribution in [-0.4, -0.2) is 62.8 Å². The first-order valence-corrected chi connectivity index (χ1v) is 10.1. The largest absolute Gasteiger partial charge is 0.493 e. The highest BCUT2D eigenvalue weighted by Gasteiger charge is 2.21. The molecule has 1 fully saturated rings. The molecule has 0 saturated carbocycles. The minimum Gasteiger partial charge on any atom is -0.493 e. The molecule has 1 aliphatic heterocycles. The molecule has 2 amide bonds. The summed E-state index contributed by atoms with van der Waals surface area (Å²) >= 11 is 0. The summed E-state index contributed by atoms with van der Waals surface area (Å²) in [5.74, 6) is 1.51. The number of amides is 2. The molecule has 0 unspecified atom stereocenters. The van der Waals surface area contributed by atoms with E-state index in [2.05, 4.69) is 22.3 Å². The second kappa shape index (κ2) is 9.65. The van der Waals surface area contributed by atoms with Crippen LogP contribution in [-0.2, 0) is 6.42 Å². The van der Waals surface area contributed by atoms with Gasteiger partial charge in [-0.25, -0.2) is 4.79 Å². The Balaban J connectivity index is 1.47. The second-order valence-corrected chi connectivity index (χ2v) is 7.57. The zero-order chi connectivity index (χ0) is 20.8. The van der Waals surface area contributed by atoms with E-state index in [0.29, 0.717) is 0 Å². The molecule has 6 heteroatoms. The predicted octanol–water partition coefficient (Wildman–Crippen LogP) is 3.71. The Bertz CT molecular complexity index is 825. The number of hydrogen-bond donors (Lipinski definition) is 1.